The second-order valence-electron chi connectivity index (χ2n) is 7.62. The van der Waals surface area contributed by atoms with Crippen LogP contribution < -0.4 is 15.0 Å². The predicted molar refractivity (Wildman–Crippen MR) is 143 cm³/mol. The number of nitrogens with one attached hydrogen (secondary N) is 1. The third-order valence-corrected chi connectivity index (χ3v) is 7.11. The number of urea groups is 1. The normalized spacial score (nSPS) is 14.9. The second kappa shape index (κ2) is 10.5. The number of barbiturate groups is 1. The molecule has 0 saturated carbocycles. The summed E-state index contributed by atoms with van der Waals surface area (Å²) in [6.07, 6.45) is 1.33. The van der Waals surface area contributed by atoms with E-state index in [0.29, 0.717) is 11.3 Å². The average Bonchev–Trinajstić information content (AvgIpc) is 2.79. The van der Waals surface area contributed by atoms with Crippen LogP contribution in [0.4, 0.5) is 10.5 Å². The Kier molecular flexibility index (Phi) is 7.66. The van der Waals surface area contributed by atoms with Gasteiger partial charge in [0.25, 0.3) is 11.8 Å². The second-order valence-corrected chi connectivity index (χ2v) is 10.2. The van der Waals surface area contributed by atoms with Gasteiger partial charge in [-0.25, -0.2) is 9.69 Å². The zero-order valence-electron chi connectivity index (χ0n) is 18.1. The largest absolute Gasteiger partial charge is 0.486 e. The van der Waals surface area contributed by atoms with Crippen molar-refractivity contribution in [2.45, 2.75) is 13.5 Å². The van der Waals surface area contributed by atoms with E-state index < -0.39 is 17.8 Å². The Morgan fingerprint density at radius 2 is 1.63 bits per heavy atom. The van der Waals surface area contributed by atoms with Crippen LogP contribution in [-0.4, -0.2) is 17.8 Å². The van der Waals surface area contributed by atoms with Crippen molar-refractivity contribution in [2.75, 3.05) is 4.90 Å². The Morgan fingerprint density at radius 3 is 2.26 bits per heavy atom. The number of imide groups is 2. The first kappa shape index (κ1) is 25.4. The summed E-state index contributed by atoms with van der Waals surface area (Å²) in [6, 6.07) is 14.8. The number of benzene rings is 3. The van der Waals surface area contributed by atoms with Crippen molar-refractivity contribution >= 4 is 84.7 Å². The van der Waals surface area contributed by atoms with Crippen LogP contribution in [0.25, 0.3) is 6.08 Å². The summed E-state index contributed by atoms with van der Waals surface area (Å²) in [5.41, 5.74) is 2.24. The van der Waals surface area contributed by atoms with Gasteiger partial charge in [-0.3, -0.25) is 14.9 Å². The number of hydrogen-bond donors (Lipinski definition) is 1. The molecular weight excluding hydrogens is 623 g/mol. The van der Waals surface area contributed by atoms with Crippen molar-refractivity contribution in [3.05, 3.63) is 95.9 Å². The van der Waals surface area contributed by atoms with Crippen LogP contribution in [0.1, 0.15) is 16.7 Å². The van der Waals surface area contributed by atoms with Crippen molar-refractivity contribution in [3.63, 3.8) is 0 Å². The standard InChI is InChI=1S/C25H16Br2Cl2N2O4/c1-13-8-17(6-7-19(13)27)31-24(33)18(23(32)30-25(31)34)9-15-10-20(28)22(21(29)11-15)35-12-14-2-4-16(26)5-3-14/h2-11H,12H2,1H3,(H,30,32,34)/b18-9+. The van der Waals surface area contributed by atoms with Gasteiger partial charge in [-0.05, 0) is 72.2 Å². The van der Waals surface area contributed by atoms with E-state index in [0.717, 1.165) is 25.0 Å². The fourth-order valence-corrected chi connectivity index (χ4v) is 4.49. The SMILES string of the molecule is Cc1cc(N2C(=O)NC(=O)/C(=C\c3cc(Cl)c(OCc4ccc(Br)cc4)c(Cl)c3)C2=O)ccc1Br. The molecule has 10 heteroatoms. The summed E-state index contributed by atoms with van der Waals surface area (Å²) < 4.78 is 7.56. The topological polar surface area (TPSA) is 75.7 Å². The molecule has 3 aromatic carbocycles. The summed E-state index contributed by atoms with van der Waals surface area (Å²) in [7, 11) is 0. The number of halogens is 4. The van der Waals surface area contributed by atoms with Crippen LogP contribution in [0.3, 0.4) is 0 Å². The van der Waals surface area contributed by atoms with Gasteiger partial charge in [0.1, 0.15) is 12.2 Å². The van der Waals surface area contributed by atoms with E-state index in [-0.39, 0.29) is 28.0 Å². The van der Waals surface area contributed by atoms with E-state index in [1.54, 1.807) is 18.2 Å². The molecule has 178 valence electrons. The molecular formula is C25H16Br2Cl2N2O4. The molecule has 1 saturated heterocycles. The highest BCUT2D eigenvalue weighted by Gasteiger charge is 2.37. The minimum absolute atomic E-state index is 0.210. The number of hydrogen-bond acceptors (Lipinski definition) is 4. The van der Waals surface area contributed by atoms with Gasteiger partial charge in [0.15, 0.2) is 5.75 Å². The van der Waals surface area contributed by atoms with Gasteiger partial charge in [0.2, 0.25) is 0 Å². The van der Waals surface area contributed by atoms with Crippen molar-refractivity contribution < 1.29 is 19.1 Å². The highest BCUT2D eigenvalue weighted by Crippen LogP contribution is 2.36. The Labute approximate surface area is 228 Å². The molecule has 1 N–H and O–H groups in total. The molecule has 0 unspecified atom stereocenters. The number of carbonyl (C=O) groups is 3. The lowest BCUT2D eigenvalue weighted by molar-refractivity contribution is -0.122. The Morgan fingerprint density at radius 1 is 0.971 bits per heavy atom. The molecule has 1 aliphatic heterocycles. The first-order valence-electron chi connectivity index (χ1n) is 10.2. The van der Waals surface area contributed by atoms with Crippen molar-refractivity contribution in [3.8, 4) is 5.75 Å². The van der Waals surface area contributed by atoms with Crippen molar-refractivity contribution in [1.82, 2.24) is 5.32 Å². The molecule has 4 amide bonds. The summed E-state index contributed by atoms with van der Waals surface area (Å²) >= 11 is 19.6. The fourth-order valence-electron chi connectivity index (χ4n) is 3.36. The van der Waals surface area contributed by atoms with Crippen LogP contribution in [-0.2, 0) is 16.2 Å². The Bertz CT molecular complexity index is 1370. The van der Waals surface area contributed by atoms with Crippen LogP contribution in [0.5, 0.6) is 5.75 Å². The highest BCUT2D eigenvalue weighted by molar-refractivity contribution is 9.10. The first-order chi connectivity index (χ1) is 16.6. The summed E-state index contributed by atoms with van der Waals surface area (Å²) in [5.74, 6) is -1.30. The molecule has 0 aliphatic carbocycles. The molecule has 0 radical (unpaired) electrons. The summed E-state index contributed by atoms with van der Waals surface area (Å²) in [6.45, 7) is 2.07. The maximum atomic E-state index is 13.1. The van der Waals surface area contributed by atoms with E-state index in [2.05, 4.69) is 37.2 Å². The van der Waals surface area contributed by atoms with Crippen LogP contribution in [0.2, 0.25) is 10.0 Å². The molecule has 35 heavy (non-hydrogen) atoms. The number of amides is 4. The van der Waals surface area contributed by atoms with Crippen LogP contribution in [0, 0.1) is 6.92 Å². The molecule has 4 rings (SSSR count). The van der Waals surface area contributed by atoms with Gasteiger partial charge in [0, 0.05) is 8.95 Å². The minimum atomic E-state index is -0.827. The number of carbonyl (C=O) groups excluding carboxylic acids is 3. The lowest BCUT2D eigenvalue weighted by atomic mass is 10.1. The smallest absolute Gasteiger partial charge is 0.335 e. The zero-order chi connectivity index (χ0) is 25.3. The number of ether oxygens (including phenoxy) is 1. The average molecular weight is 639 g/mol. The minimum Gasteiger partial charge on any atom is -0.486 e. The van der Waals surface area contributed by atoms with E-state index >= 15 is 0 Å². The molecule has 0 atom stereocenters. The number of anilines is 1. The fraction of sp³-hybridized carbons (Fsp3) is 0.0800. The van der Waals surface area contributed by atoms with Crippen LogP contribution in [0.15, 0.2) is 69.1 Å². The highest BCUT2D eigenvalue weighted by atomic mass is 79.9. The van der Waals surface area contributed by atoms with Gasteiger partial charge in [-0.1, -0.05) is 67.2 Å². The van der Waals surface area contributed by atoms with E-state index in [9.17, 15) is 14.4 Å². The van der Waals surface area contributed by atoms with Gasteiger partial charge in [-0.15, -0.1) is 0 Å². The number of nitrogens with zero attached hydrogens (tertiary/aromatic N) is 1. The zero-order valence-corrected chi connectivity index (χ0v) is 22.8. The molecule has 1 aliphatic rings. The summed E-state index contributed by atoms with van der Waals surface area (Å²) in [5, 5.41) is 2.62. The molecule has 0 bridgehead atoms. The quantitative estimate of drug-likeness (QED) is 0.240. The Balaban J connectivity index is 1.61. The molecule has 3 aromatic rings. The van der Waals surface area contributed by atoms with E-state index in [1.807, 2.05) is 31.2 Å². The van der Waals surface area contributed by atoms with Gasteiger partial charge < -0.3 is 4.74 Å². The molecule has 1 heterocycles. The number of aryl methyl sites for hydroxylation is 1. The molecule has 1 fully saturated rings. The van der Waals surface area contributed by atoms with Crippen LogP contribution >= 0.6 is 55.1 Å². The monoisotopic (exact) mass is 636 g/mol. The maximum Gasteiger partial charge on any atom is 0.335 e. The predicted octanol–water partition coefficient (Wildman–Crippen LogP) is 7.07. The maximum absolute atomic E-state index is 13.1. The molecule has 0 aromatic heterocycles. The van der Waals surface area contributed by atoms with Gasteiger partial charge in [-0.2, -0.15) is 0 Å². The lowest BCUT2D eigenvalue weighted by Gasteiger charge is -2.26. The number of rotatable bonds is 5. The summed E-state index contributed by atoms with van der Waals surface area (Å²) in [4.78, 5) is 39.0. The lowest BCUT2D eigenvalue weighted by Crippen LogP contribution is -2.54. The van der Waals surface area contributed by atoms with Crippen molar-refractivity contribution in [2.24, 2.45) is 0 Å². The molecule has 0 spiro atoms. The van der Waals surface area contributed by atoms with E-state index in [4.69, 9.17) is 27.9 Å². The van der Waals surface area contributed by atoms with Gasteiger partial charge in [0.05, 0.1) is 15.7 Å². The van der Waals surface area contributed by atoms with E-state index in [1.165, 1.54) is 18.2 Å². The first-order valence-corrected chi connectivity index (χ1v) is 12.5. The van der Waals surface area contributed by atoms with Crippen molar-refractivity contribution in [1.29, 1.82) is 0 Å². The molecule has 6 nitrogen and oxygen atoms in total. The Hall–Kier alpha value is -2.65. The third-order valence-electron chi connectivity index (χ3n) is 5.13. The van der Waals surface area contributed by atoms with Gasteiger partial charge >= 0.3 is 6.03 Å². The third kappa shape index (κ3) is 5.62.